The molecule has 7 atom stereocenters. The van der Waals surface area contributed by atoms with Crippen LogP contribution in [0.1, 0.15) is 45.4 Å². The maximum Gasteiger partial charge on any atom is 0.237 e. The van der Waals surface area contributed by atoms with Gasteiger partial charge in [0, 0.05) is 12.3 Å². The van der Waals surface area contributed by atoms with Gasteiger partial charge in [0.25, 0.3) is 0 Å². The van der Waals surface area contributed by atoms with Gasteiger partial charge in [-0.15, -0.1) is 0 Å². The normalized spacial score (nSPS) is 44.9. The fourth-order valence-corrected chi connectivity index (χ4v) is 5.01. The lowest BCUT2D eigenvalue weighted by Crippen LogP contribution is -2.42. The van der Waals surface area contributed by atoms with Gasteiger partial charge in [-0.2, -0.15) is 0 Å². The van der Waals surface area contributed by atoms with E-state index in [1.54, 1.807) is 4.90 Å². The number of hydrogen-bond acceptors (Lipinski definition) is 4. The Morgan fingerprint density at radius 1 is 1.18 bits per heavy atom. The molecule has 0 spiro atoms. The molecule has 0 aromatic heterocycles. The summed E-state index contributed by atoms with van der Waals surface area (Å²) in [6.07, 6.45) is 8.44. The molecule has 4 fully saturated rings. The number of aliphatic hydroxyl groups excluding tert-OH is 1. The summed E-state index contributed by atoms with van der Waals surface area (Å²) < 4.78 is 0. The lowest BCUT2D eigenvalue weighted by atomic mass is 10.0. The molecular formula is C17H29N3O2. The number of nitrogens with one attached hydrogen (secondary N) is 1. The van der Waals surface area contributed by atoms with Crippen LogP contribution in [0.4, 0.5) is 0 Å². The summed E-state index contributed by atoms with van der Waals surface area (Å²) >= 11 is 0. The first-order chi connectivity index (χ1) is 10.5. The fraction of sp³-hybridized carbons (Fsp3) is 0.882. The van der Waals surface area contributed by atoms with Gasteiger partial charge in [0.2, 0.25) is 5.91 Å². The van der Waals surface area contributed by atoms with Crippen LogP contribution in [0.2, 0.25) is 0 Å². The van der Waals surface area contributed by atoms with E-state index >= 15 is 0 Å². The quantitative estimate of drug-likeness (QED) is 0.673. The summed E-state index contributed by atoms with van der Waals surface area (Å²) in [4.78, 5) is 13.1. The Kier molecular flexibility index (Phi) is 4.55. The van der Waals surface area contributed by atoms with E-state index in [-0.39, 0.29) is 24.6 Å². The largest absolute Gasteiger partial charge is 0.393 e. The maximum absolute atomic E-state index is 11.3. The Morgan fingerprint density at radius 2 is 1.82 bits per heavy atom. The van der Waals surface area contributed by atoms with Crippen LogP contribution in [-0.2, 0) is 4.79 Å². The summed E-state index contributed by atoms with van der Waals surface area (Å²) in [5.74, 6) is 3.35. The number of carbonyl (C=O) groups excluding carboxylic acids is 1. The highest BCUT2D eigenvalue weighted by molar-refractivity contribution is 5.83. The first-order valence-electron chi connectivity index (χ1n) is 8.73. The first kappa shape index (κ1) is 15.9. The SMILES string of the molecule is CC1C[C@@H]2CC(O)C[C@@H]2C1.N=CC1CC2CC2N1C(=O)CN. The van der Waals surface area contributed by atoms with Gasteiger partial charge in [-0.05, 0) is 62.2 Å². The maximum atomic E-state index is 11.3. The van der Waals surface area contributed by atoms with Crippen molar-refractivity contribution in [1.82, 2.24) is 4.90 Å². The molecular weight excluding hydrogens is 278 g/mol. The van der Waals surface area contributed by atoms with E-state index in [4.69, 9.17) is 11.1 Å². The second-order valence-electron chi connectivity index (χ2n) is 7.76. The Bertz CT molecular complexity index is 414. The van der Waals surface area contributed by atoms with E-state index < -0.39 is 0 Å². The van der Waals surface area contributed by atoms with Gasteiger partial charge in [-0.3, -0.25) is 4.79 Å². The molecule has 1 aliphatic heterocycles. The van der Waals surface area contributed by atoms with Gasteiger partial charge in [0.15, 0.2) is 0 Å². The summed E-state index contributed by atoms with van der Waals surface area (Å²) in [5, 5.41) is 16.5. The monoisotopic (exact) mass is 307 g/mol. The van der Waals surface area contributed by atoms with Crippen molar-refractivity contribution >= 4 is 12.1 Å². The molecule has 0 bridgehead atoms. The second kappa shape index (κ2) is 6.28. The van der Waals surface area contributed by atoms with E-state index in [0.29, 0.717) is 12.0 Å². The Hall–Kier alpha value is -0.940. The second-order valence-corrected chi connectivity index (χ2v) is 7.76. The molecule has 0 aromatic carbocycles. The number of likely N-dealkylation sites (tertiary alicyclic amines) is 1. The molecule has 3 saturated carbocycles. The van der Waals surface area contributed by atoms with Gasteiger partial charge < -0.3 is 21.1 Å². The molecule has 124 valence electrons. The predicted molar refractivity (Wildman–Crippen MR) is 85.6 cm³/mol. The Morgan fingerprint density at radius 3 is 2.36 bits per heavy atom. The molecule has 5 nitrogen and oxygen atoms in total. The minimum absolute atomic E-state index is 0.00602. The summed E-state index contributed by atoms with van der Waals surface area (Å²) in [5.41, 5.74) is 5.28. The zero-order valence-electron chi connectivity index (χ0n) is 13.4. The zero-order chi connectivity index (χ0) is 15.9. The fourth-order valence-electron chi connectivity index (χ4n) is 5.01. The number of nitrogens with zero attached hydrogens (tertiary/aromatic N) is 1. The Labute approximate surface area is 132 Å². The number of nitrogens with two attached hydrogens (primary N) is 1. The van der Waals surface area contributed by atoms with Crippen molar-refractivity contribution in [2.75, 3.05) is 6.54 Å². The molecule has 1 heterocycles. The van der Waals surface area contributed by atoms with Crippen LogP contribution in [0, 0.1) is 29.1 Å². The zero-order valence-corrected chi connectivity index (χ0v) is 13.4. The third-order valence-corrected chi connectivity index (χ3v) is 6.03. The van der Waals surface area contributed by atoms with Gasteiger partial charge >= 0.3 is 0 Å². The molecule has 4 aliphatic rings. The van der Waals surface area contributed by atoms with Gasteiger partial charge in [-0.1, -0.05) is 6.92 Å². The lowest BCUT2D eigenvalue weighted by Gasteiger charge is -2.23. The van der Waals surface area contributed by atoms with Crippen LogP contribution < -0.4 is 5.73 Å². The van der Waals surface area contributed by atoms with Crippen molar-refractivity contribution in [2.45, 2.75) is 63.6 Å². The number of fused-ring (bicyclic) bond motifs is 2. The molecule has 1 saturated heterocycles. The summed E-state index contributed by atoms with van der Waals surface area (Å²) in [6, 6.07) is 0.442. The average Bonchev–Trinajstić information content (AvgIpc) is 2.81. The van der Waals surface area contributed by atoms with Crippen molar-refractivity contribution in [1.29, 1.82) is 5.41 Å². The Balaban J connectivity index is 0.000000133. The molecule has 4 N–H and O–H groups in total. The molecule has 3 aliphatic carbocycles. The molecule has 5 unspecified atom stereocenters. The van der Waals surface area contributed by atoms with E-state index in [1.807, 2.05) is 0 Å². The molecule has 22 heavy (non-hydrogen) atoms. The number of carbonyl (C=O) groups is 1. The first-order valence-corrected chi connectivity index (χ1v) is 8.73. The molecule has 5 heteroatoms. The van der Waals surface area contributed by atoms with Crippen molar-refractivity contribution in [3.8, 4) is 0 Å². The van der Waals surface area contributed by atoms with Crippen molar-refractivity contribution in [3.05, 3.63) is 0 Å². The lowest BCUT2D eigenvalue weighted by molar-refractivity contribution is -0.130. The van der Waals surface area contributed by atoms with Crippen molar-refractivity contribution < 1.29 is 9.90 Å². The van der Waals surface area contributed by atoms with Crippen LogP contribution in [0.5, 0.6) is 0 Å². The van der Waals surface area contributed by atoms with Crippen LogP contribution in [0.25, 0.3) is 0 Å². The standard InChI is InChI=1S/C9H16O.C8H13N3O/c1-6-2-7-4-9(10)5-8(7)3-6;9-3-6-1-5-2-7(5)11(6)8(12)4-10/h6-10H,2-5H2,1H3;3,5-7,9H,1-2,4,10H2/t6?,7-,8+,9?;. The predicted octanol–water partition coefficient (Wildman–Crippen LogP) is 1.39. The molecule has 4 rings (SSSR count). The van der Waals surface area contributed by atoms with Crippen LogP contribution in [-0.4, -0.2) is 46.9 Å². The van der Waals surface area contributed by atoms with Gasteiger partial charge in [-0.25, -0.2) is 0 Å². The highest BCUT2D eigenvalue weighted by Crippen LogP contribution is 2.47. The third-order valence-electron chi connectivity index (χ3n) is 6.03. The minimum atomic E-state index is -0.00602. The number of amides is 1. The number of rotatable bonds is 2. The highest BCUT2D eigenvalue weighted by Gasteiger charge is 2.52. The minimum Gasteiger partial charge on any atom is -0.393 e. The summed E-state index contributed by atoms with van der Waals surface area (Å²) in [7, 11) is 0. The van der Waals surface area contributed by atoms with Crippen molar-refractivity contribution in [2.24, 2.45) is 29.4 Å². The van der Waals surface area contributed by atoms with Gasteiger partial charge in [0.05, 0.1) is 18.7 Å². The van der Waals surface area contributed by atoms with Gasteiger partial charge in [0.1, 0.15) is 0 Å². The molecule has 0 aromatic rings. The van der Waals surface area contributed by atoms with Crippen LogP contribution >= 0.6 is 0 Å². The number of piperidine rings is 1. The molecule has 0 radical (unpaired) electrons. The highest BCUT2D eigenvalue weighted by atomic mass is 16.3. The van der Waals surface area contributed by atoms with Crippen molar-refractivity contribution in [3.63, 3.8) is 0 Å². The number of aliphatic hydroxyl groups is 1. The summed E-state index contributed by atoms with van der Waals surface area (Å²) in [6.45, 7) is 2.41. The van der Waals surface area contributed by atoms with E-state index in [0.717, 1.165) is 43.4 Å². The smallest absolute Gasteiger partial charge is 0.237 e. The molecule has 1 amide bonds. The average molecular weight is 307 g/mol. The number of hydrogen-bond donors (Lipinski definition) is 3. The van der Waals surface area contributed by atoms with Crippen LogP contribution in [0.3, 0.4) is 0 Å². The van der Waals surface area contributed by atoms with Crippen LogP contribution in [0.15, 0.2) is 0 Å². The van der Waals surface area contributed by atoms with E-state index in [9.17, 15) is 9.90 Å². The topological polar surface area (TPSA) is 90.4 Å². The van der Waals surface area contributed by atoms with E-state index in [1.165, 1.54) is 19.1 Å². The van der Waals surface area contributed by atoms with E-state index in [2.05, 4.69) is 6.92 Å². The third kappa shape index (κ3) is 3.06.